The molecule has 1 aromatic heterocycles. The average molecular weight is 276 g/mol. The second kappa shape index (κ2) is 5.96. The topological polar surface area (TPSA) is 97.1 Å². The maximum Gasteiger partial charge on any atom is 0.251 e. The molecule has 0 saturated heterocycles. The number of carbonyl (C=O) groups is 2. The molecule has 1 aromatic carbocycles. The van der Waals surface area contributed by atoms with Crippen molar-refractivity contribution in [3.8, 4) is 0 Å². The molecule has 2 rings (SSSR count). The summed E-state index contributed by atoms with van der Waals surface area (Å²) in [6, 6.07) is 6.46. The molecule has 0 aliphatic heterocycles. The molecule has 0 radical (unpaired) electrons. The highest BCUT2D eigenvalue weighted by Crippen LogP contribution is 2.09. The minimum Gasteiger partial charge on any atom is -0.399 e. The van der Waals surface area contributed by atoms with Crippen LogP contribution in [0.2, 0.25) is 0 Å². The van der Waals surface area contributed by atoms with Crippen molar-refractivity contribution in [2.45, 2.75) is 0 Å². The lowest BCUT2D eigenvalue weighted by Gasteiger charge is -2.05. The summed E-state index contributed by atoms with van der Waals surface area (Å²) < 4.78 is 0. The molecule has 4 N–H and O–H groups in total. The number of nitrogen functional groups attached to an aromatic ring is 1. The molecule has 6 nitrogen and oxygen atoms in total. The van der Waals surface area contributed by atoms with Gasteiger partial charge in [-0.15, -0.1) is 11.3 Å². The van der Waals surface area contributed by atoms with Crippen molar-refractivity contribution in [2.24, 2.45) is 0 Å². The predicted octanol–water partition coefficient (Wildman–Crippen LogP) is 1.09. The predicted molar refractivity (Wildman–Crippen MR) is 73.9 cm³/mol. The van der Waals surface area contributed by atoms with Gasteiger partial charge in [0.25, 0.3) is 5.91 Å². The van der Waals surface area contributed by atoms with E-state index in [-0.39, 0.29) is 18.4 Å². The Morgan fingerprint density at radius 1 is 1.26 bits per heavy atom. The number of nitrogens with one attached hydrogen (secondary N) is 2. The minimum absolute atomic E-state index is 0.108. The normalized spacial score (nSPS) is 9.89. The Bertz CT molecular complexity index is 566. The molecule has 1 heterocycles. The molecule has 98 valence electrons. The first kappa shape index (κ1) is 13.0. The van der Waals surface area contributed by atoms with Gasteiger partial charge in [0.15, 0.2) is 5.13 Å². The molecule has 2 aromatic rings. The monoisotopic (exact) mass is 276 g/mol. The zero-order chi connectivity index (χ0) is 13.7. The summed E-state index contributed by atoms with van der Waals surface area (Å²) in [6.45, 7) is -0.108. The average Bonchev–Trinajstić information content (AvgIpc) is 2.89. The number of rotatable bonds is 4. The van der Waals surface area contributed by atoms with Crippen LogP contribution in [0.3, 0.4) is 0 Å². The molecule has 2 amide bonds. The highest BCUT2D eigenvalue weighted by molar-refractivity contribution is 7.13. The van der Waals surface area contributed by atoms with Crippen LogP contribution >= 0.6 is 11.3 Å². The maximum atomic E-state index is 11.7. The number of nitrogens with two attached hydrogens (primary N) is 1. The van der Waals surface area contributed by atoms with Gasteiger partial charge in [-0.1, -0.05) is 0 Å². The van der Waals surface area contributed by atoms with Crippen LogP contribution in [0.4, 0.5) is 10.8 Å². The third-order valence-corrected chi connectivity index (χ3v) is 2.95. The number of hydrogen-bond acceptors (Lipinski definition) is 5. The first-order valence-electron chi connectivity index (χ1n) is 5.48. The smallest absolute Gasteiger partial charge is 0.251 e. The van der Waals surface area contributed by atoms with Crippen molar-refractivity contribution in [2.75, 3.05) is 17.6 Å². The van der Waals surface area contributed by atoms with E-state index in [1.165, 1.54) is 11.3 Å². The number of aromatic nitrogens is 1. The molecular weight excluding hydrogens is 264 g/mol. The Balaban J connectivity index is 1.83. The number of carbonyl (C=O) groups excluding carboxylic acids is 2. The Kier molecular flexibility index (Phi) is 4.09. The summed E-state index contributed by atoms with van der Waals surface area (Å²) in [5, 5.41) is 7.35. The second-order valence-electron chi connectivity index (χ2n) is 3.69. The lowest BCUT2D eigenvalue weighted by atomic mass is 10.2. The largest absolute Gasteiger partial charge is 0.399 e. The SMILES string of the molecule is Nc1ccc(C(=O)NCC(=O)Nc2nccs2)cc1. The van der Waals surface area contributed by atoms with Crippen molar-refractivity contribution < 1.29 is 9.59 Å². The number of anilines is 2. The fraction of sp³-hybridized carbons (Fsp3) is 0.0833. The molecule has 7 heteroatoms. The van der Waals surface area contributed by atoms with Gasteiger partial charge in [-0.2, -0.15) is 0 Å². The first-order valence-corrected chi connectivity index (χ1v) is 6.36. The van der Waals surface area contributed by atoms with Crippen LogP contribution in [-0.2, 0) is 4.79 Å². The molecule has 0 aliphatic carbocycles. The summed E-state index contributed by atoms with van der Waals surface area (Å²) >= 11 is 1.31. The van der Waals surface area contributed by atoms with Gasteiger partial charge >= 0.3 is 0 Å². The van der Waals surface area contributed by atoms with Crippen LogP contribution < -0.4 is 16.4 Å². The summed E-state index contributed by atoms with van der Waals surface area (Å²) in [4.78, 5) is 27.2. The minimum atomic E-state index is -0.325. The number of nitrogens with zero attached hydrogens (tertiary/aromatic N) is 1. The van der Waals surface area contributed by atoms with Crippen LogP contribution in [0, 0.1) is 0 Å². The molecule has 19 heavy (non-hydrogen) atoms. The maximum absolute atomic E-state index is 11.7. The van der Waals surface area contributed by atoms with E-state index < -0.39 is 0 Å². The van der Waals surface area contributed by atoms with Crippen molar-refractivity contribution in [1.82, 2.24) is 10.3 Å². The molecule has 0 saturated carbocycles. The van der Waals surface area contributed by atoms with Gasteiger partial charge in [-0.05, 0) is 24.3 Å². The molecule has 0 bridgehead atoms. The lowest BCUT2D eigenvalue weighted by Crippen LogP contribution is -2.32. The van der Waals surface area contributed by atoms with Crippen molar-refractivity contribution in [3.05, 3.63) is 41.4 Å². The standard InChI is InChI=1S/C12H12N4O2S/c13-9-3-1-8(2-4-9)11(18)15-7-10(17)16-12-14-5-6-19-12/h1-6H,7,13H2,(H,15,18)(H,14,16,17). The second-order valence-corrected chi connectivity index (χ2v) is 4.58. The van der Waals surface area contributed by atoms with Crippen LogP contribution in [0.5, 0.6) is 0 Å². The van der Waals surface area contributed by atoms with Gasteiger partial charge < -0.3 is 16.4 Å². The number of amides is 2. The van der Waals surface area contributed by atoms with E-state index in [0.29, 0.717) is 16.4 Å². The van der Waals surface area contributed by atoms with E-state index in [0.717, 1.165) is 0 Å². The Labute approximate surface area is 113 Å². The van der Waals surface area contributed by atoms with E-state index in [4.69, 9.17) is 5.73 Å². The fourth-order valence-electron chi connectivity index (χ4n) is 1.35. The number of hydrogen-bond donors (Lipinski definition) is 3. The van der Waals surface area contributed by atoms with Gasteiger partial charge in [0.1, 0.15) is 0 Å². The van der Waals surface area contributed by atoms with E-state index in [1.54, 1.807) is 35.8 Å². The Morgan fingerprint density at radius 3 is 2.63 bits per heavy atom. The summed E-state index contributed by atoms with van der Waals surface area (Å²) in [6.07, 6.45) is 1.59. The third-order valence-electron chi connectivity index (χ3n) is 2.26. The van der Waals surface area contributed by atoms with Crippen LogP contribution in [0.15, 0.2) is 35.8 Å². The molecular formula is C12H12N4O2S. The summed E-state index contributed by atoms with van der Waals surface area (Å²) in [5.41, 5.74) is 6.56. The zero-order valence-corrected chi connectivity index (χ0v) is 10.7. The Hall–Kier alpha value is -2.41. The van der Waals surface area contributed by atoms with Gasteiger partial charge in [0.05, 0.1) is 6.54 Å². The van der Waals surface area contributed by atoms with Crippen LogP contribution in [-0.4, -0.2) is 23.3 Å². The molecule has 0 fully saturated rings. The van der Waals surface area contributed by atoms with E-state index in [2.05, 4.69) is 15.6 Å². The van der Waals surface area contributed by atoms with Gasteiger partial charge in [0, 0.05) is 22.8 Å². The molecule has 0 atom stereocenters. The number of benzene rings is 1. The van der Waals surface area contributed by atoms with Gasteiger partial charge in [0.2, 0.25) is 5.91 Å². The van der Waals surface area contributed by atoms with Crippen molar-refractivity contribution >= 4 is 34.0 Å². The zero-order valence-electron chi connectivity index (χ0n) is 9.92. The quantitative estimate of drug-likeness (QED) is 0.728. The van der Waals surface area contributed by atoms with Gasteiger partial charge in [-0.25, -0.2) is 4.98 Å². The van der Waals surface area contributed by atoms with Crippen molar-refractivity contribution in [3.63, 3.8) is 0 Å². The summed E-state index contributed by atoms with van der Waals surface area (Å²) in [5.74, 6) is -0.645. The van der Waals surface area contributed by atoms with E-state index in [1.807, 2.05) is 0 Å². The Morgan fingerprint density at radius 2 is 2.00 bits per heavy atom. The molecule has 0 spiro atoms. The van der Waals surface area contributed by atoms with E-state index in [9.17, 15) is 9.59 Å². The lowest BCUT2D eigenvalue weighted by molar-refractivity contribution is -0.115. The van der Waals surface area contributed by atoms with E-state index >= 15 is 0 Å². The molecule has 0 aliphatic rings. The third kappa shape index (κ3) is 3.78. The summed E-state index contributed by atoms with van der Waals surface area (Å²) in [7, 11) is 0. The van der Waals surface area contributed by atoms with Crippen LogP contribution in [0.25, 0.3) is 0 Å². The van der Waals surface area contributed by atoms with Crippen molar-refractivity contribution in [1.29, 1.82) is 0 Å². The van der Waals surface area contributed by atoms with Gasteiger partial charge in [-0.3, -0.25) is 9.59 Å². The first-order chi connectivity index (χ1) is 9.15. The highest BCUT2D eigenvalue weighted by Gasteiger charge is 2.08. The highest BCUT2D eigenvalue weighted by atomic mass is 32.1. The fourth-order valence-corrected chi connectivity index (χ4v) is 1.89. The molecule has 0 unspecified atom stereocenters. The number of thiazole rings is 1. The van der Waals surface area contributed by atoms with Crippen LogP contribution in [0.1, 0.15) is 10.4 Å².